The molecule has 0 radical (unpaired) electrons. The number of aryl methyl sites for hydroxylation is 1. The van der Waals surface area contributed by atoms with E-state index in [0.717, 1.165) is 13.0 Å². The first-order chi connectivity index (χ1) is 8.70. The lowest BCUT2D eigenvalue weighted by Gasteiger charge is -2.17. The fourth-order valence-corrected chi connectivity index (χ4v) is 4.48. The smallest absolute Gasteiger partial charge is 0.0466 e. The van der Waals surface area contributed by atoms with Crippen LogP contribution in [0.1, 0.15) is 34.7 Å². The maximum absolute atomic E-state index is 3.67. The Bertz CT molecular complexity index is 489. The molecule has 0 saturated heterocycles. The Morgan fingerprint density at radius 1 is 1.39 bits per heavy atom. The second kappa shape index (κ2) is 6.85. The van der Waals surface area contributed by atoms with Crippen molar-refractivity contribution < 1.29 is 0 Å². The van der Waals surface area contributed by atoms with Gasteiger partial charge < -0.3 is 5.32 Å². The molecule has 2 aromatic rings. The van der Waals surface area contributed by atoms with Gasteiger partial charge >= 0.3 is 0 Å². The molecule has 0 aliphatic heterocycles. The summed E-state index contributed by atoms with van der Waals surface area (Å²) in [7, 11) is 0. The molecule has 4 heteroatoms. The van der Waals surface area contributed by atoms with E-state index in [1.165, 1.54) is 26.2 Å². The van der Waals surface area contributed by atoms with Crippen LogP contribution in [0.4, 0.5) is 0 Å². The minimum absolute atomic E-state index is 0.454. The molecule has 2 aromatic heterocycles. The van der Waals surface area contributed by atoms with Crippen molar-refractivity contribution in [3.8, 4) is 0 Å². The van der Waals surface area contributed by atoms with Crippen LogP contribution in [0.5, 0.6) is 0 Å². The van der Waals surface area contributed by atoms with Gasteiger partial charge in [-0.15, -0.1) is 22.7 Å². The maximum Gasteiger partial charge on any atom is 0.0466 e. The van der Waals surface area contributed by atoms with Crippen LogP contribution in [0.15, 0.2) is 27.4 Å². The van der Waals surface area contributed by atoms with Crippen LogP contribution in [-0.2, 0) is 6.42 Å². The van der Waals surface area contributed by atoms with E-state index in [0.29, 0.717) is 6.04 Å². The largest absolute Gasteiger partial charge is 0.309 e. The van der Waals surface area contributed by atoms with E-state index in [1.54, 1.807) is 0 Å². The molecule has 2 heterocycles. The Morgan fingerprint density at radius 2 is 2.22 bits per heavy atom. The second-order valence-corrected chi connectivity index (χ2v) is 7.27. The molecule has 18 heavy (non-hydrogen) atoms. The molecule has 0 bridgehead atoms. The van der Waals surface area contributed by atoms with Gasteiger partial charge in [0.2, 0.25) is 0 Å². The Morgan fingerprint density at radius 3 is 2.78 bits per heavy atom. The molecule has 1 unspecified atom stereocenters. The van der Waals surface area contributed by atoms with Crippen molar-refractivity contribution in [2.45, 2.75) is 32.7 Å². The first-order valence-corrected chi connectivity index (χ1v) is 8.76. The first kappa shape index (κ1) is 14.3. The summed E-state index contributed by atoms with van der Waals surface area (Å²) in [5, 5.41) is 8.02. The number of hydrogen-bond donors (Lipinski definition) is 1. The molecular weight excluding hydrogens is 326 g/mol. The van der Waals surface area contributed by atoms with Crippen molar-refractivity contribution in [1.82, 2.24) is 5.32 Å². The Balaban J connectivity index is 2.12. The summed E-state index contributed by atoms with van der Waals surface area (Å²) in [6.45, 7) is 5.50. The third-order valence-electron chi connectivity index (χ3n) is 2.89. The summed E-state index contributed by atoms with van der Waals surface area (Å²) in [6.07, 6.45) is 2.26. The lowest BCUT2D eigenvalue weighted by molar-refractivity contribution is 0.538. The first-order valence-electron chi connectivity index (χ1n) is 6.21. The van der Waals surface area contributed by atoms with Crippen molar-refractivity contribution in [2.75, 3.05) is 6.54 Å². The average Bonchev–Trinajstić information content (AvgIpc) is 2.93. The van der Waals surface area contributed by atoms with Crippen molar-refractivity contribution in [3.05, 3.63) is 42.7 Å². The molecule has 0 spiro atoms. The van der Waals surface area contributed by atoms with Gasteiger partial charge in [0.1, 0.15) is 0 Å². The van der Waals surface area contributed by atoms with Crippen molar-refractivity contribution in [3.63, 3.8) is 0 Å². The van der Waals surface area contributed by atoms with Gasteiger partial charge in [-0.3, -0.25) is 0 Å². The second-order valence-electron chi connectivity index (χ2n) is 4.41. The normalized spacial score (nSPS) is 12.8. The molecule has 1 N–H and O–H groups in total. The standard InChI is InChI=1S/C14H18BrNS2/c1-3-5-16-13(14-10(2)4-6-17-14)8-12-7-11(15)9-18-12/h4,6-7,9,13,16H,3,5,8H2,1-2H3. The topological polar surface area (TPSA) is 12.0 Å². The van der Waals surface area contributed by atoms with E-state index in [2.05, 4.69) is 58.0 Å². The van der Waals surface area contributed by atoms with Gasteiger partial charge in [0.15, 0.2) is 0 Å². The Hall–Kier alpha value is -0.160. The molecule has 0 aliphatic rings. The maximum atomic E-state index is 3.67. The van der Waals surface area contributed by atoms with Gasteiger partial charge in [0, 0.05) is 32.1 Å². The summed E-state index contributed by atoms with van der Waals surface area (Å²) in [5.41, 5.74) is 1.41. The molecule has 2 rings (SSSR count). The average molecular weight is 344 g/mol. The number of halogens is 1. The number of thiophene rings is 2. The highest BCUT2D eigenvalue weighted by molar-refractivity contribution is 9.10. The summed E-state index contributed by atoms with van der Waals surface area (Å²) in [6, 6.07) is 4.90. The zero-order valence-electron chi connectivity index (χ0n) is 10.7. The van der Waals surface area contributed by atoms with E-state index in [1.807, 2.05) is 22.7 Å². The zero-order valence-corrected chi connectivity index (χ0v) is 13.9. The molecule has 0 aliphatic carbocycles. The molecule has 0 saturated carbocycles. The lowest BCUT2D eigenvalue weighted by atomic mass is 10.1. The number of rotatable bonds is 6. The summed E-state index contributed by atoms with van der Waals surface area (Å²) in [4.78, 5) is 2.91. The fraction of sp³-hybridized carbons (Fsp3) is 0.429. The van der Waals surface area contributed by atoms with Gasteiger partial charge in [-0.05, 0) is 58.9 Å². The van der Waals surface area contributed by atoms with E-state index >= 15 is 0 Å². The van der Waals surface area contributed by atoms with E-state index < -0.39 is 0 Å². The summed E-state index contributed by atoms with van der Waals surface area (Å²) >= 11 is 7.23. The highest BCUT2D eigenvalue weighted by Crippen LogP contribution is 2.30. The van der Waals surface area contributed by atoms with E-state index in [4.69, 9.17) is 0 Å². The fourth-order valence-electron chi connectivity index (χ4n) is 1.98. The summed E-state index contributed by atoms with van der Waals surface area (Å²) in [5.74, 6) is 0. The minimum Gasteiger partial charge on any atom is -0.309 e. The zero-order chi connectivity index (χ0) is 13.0. The van der Waals surface area contributed by atoms with Crippen LogP contribution in [0.25, 0.3) is 0 Å². The minimum atomic E-state index is 0.454. The SMILES string of the molecule is CCCNC(Cc1cc(Br)cs1)c1sccc1C. The predicted molar refractivity (Wildman–Crippen MR) is 85.8 cm³/mol. The van der Waals surface area contributed by atoms with Gasteiger partial charge in [-0.2, -0.15) is 0 Å². The van der Waals surface area contributed by atoms with Gasteiger partial charge in [-0.1, -0.05) is 6.92 Å². The molecule has 1 atom stereocenters. The van der Waals surface area contributed by atoms with Crippen LogP contribution in [0.2, 0.25) is 0 Å². The highest BCUT2D eigenvalue weighted by atomic mass is 79.9. The van der Waals surface area contributed by atoms with Crippen molar-refractivity contribution in [1.29, 1.82) is 0 Å². The van der Waals surface area contributed by atoms with E-state index in [9.17, 15) is 0 Å². The predicted octanol–water partition coefficient (Wildman–Crippen LogP) is 5.16. The monoisotopic (exact) mass is 343 g/mol. The quantitative estimate of drug-likeness (QED) is 0.763. The molecular formula is C14H18BrNS2. The van der Waals surface area contributed by atoms with Crippen molar-refractivity contribution >= 4 is 38.6 Å². The lowest BCUT2D eigenvalue weighted by Crippen LogP contribution is -2.23. The molecule has 0 aromatic carbocycles. The third kappa shape index (κ3) is 3.67. The highest BCUT2D eigenvalue weighted by Gasteiger charge is 2.16. The van der Waals surface area contributed by atoms with Crippen LogP contribution in [0.3, 0.4) is 0 Å². The summed E-state index contributed by atoms with van der Waals surface area (Å²) < 4.78 is 1.19. The number of hydrogen-bond acceptors (Lipinski definition) is 3. The van der Waals surface area contributed by atoms with Crippen LogP contribution < -0.4 is 5.32 Å². The Labute approximate surface area is 125 Å². The molecule has 0 amide bonds. The van der Waals surface area contributed by atoms with E-state index in [-0.39, 0.29) is 0 Å². The van der Waals surface area contributed by atoms with Crippen LogP contribution >= 0.6 is 38.6 Å². The molecule has 98 valence electrons. The van der Waals surface area contributed by atoms with Gasteiger partial charge in [-0.25, -0.2) is 0 Å². The van der Waals surface area contributed by atoms with Crippen LogP contribution in [0, 0.1) is 6.92 Å². The number of nitrogens with one attached hydrogen (secondary N) is 1. The molecule has 1 nitrogen and oxygen atoms in total. The van der Waals surface area contributed by atoms with Gasteiger partial charge in [0.05, 0.1) is 0 Å². The van der Waals surface area contributed by atoms with Crippen LogP contribution in [-0.4, -0.2) is 6.54 Å². The Kier molecular flexibility index (Phi) is 5.42. The van der Waals surface area contributed by atoms with Crippen molar-refractivity contribution in [2.24, 2.45) is 0 Å². The molecule has 0 fully saturated rings. The van der Waals surface area contributed by atoms with Gasteiger partial charge in [0.25, 0.3) is 0 Å². The third-order valence-corrected chi connectivity index (χ3v) is 5.74.